The highest BCUT2D eigenvalue weighted by molar-refractivity contribution is 4.99. The van der Waals surface area contributed by atoms with Crippen molar-refractivity contribution in [2.45, 2.75) is 337 Å². The lowest BCUT2D eigenvalue weighted by Crippen LogP contribution is -2.00. The van der Waals surface area contributed by atoms with Crippen LogP contribution in [0.1, 0.15) is 371 Å². The molecule has 0 amide bonds. The molecule has 0 aromatic carbocycles. The van der Waals surface area contributed by atoms with Crippen molar-refractivity contribution in [3.8, 4) is 0 Å². The summed E-state index contributed by atoms with van der Waals surface area (Å²) >= 11 is 0. The van der Waals surface area contributed by atoms with E-state index in [-0.39, 0.29) is 0 Å². The first-order valence-corrected chi connectivity index (χ1v) is 38.9. The second-order valence-electron chi connectivity index (χ2n) is 22.5. The van der Waals surface area contributed by atoms with Crippen LogP contribution in [0.25, 0.3) is 0 Å². The van der Waals surface area contributed by atoms with Gasteiger partial charge in [0.15, 0.2) is 5.82 Å². The standard InChI is InChI=1S/6C6H11N3.4C5H9N3.10C2H6/c1-5(2)6-8-7-4-9(6)3;1-5(2)6-7-4-9(3)8-6;1-5(2)6-7-4-8-9(6)3;1-5(2)6-4-9(3)8-7-6;1-5(2)6-4-7-8-9(6)3;1-5(2)6-4-7-9(3)8-6;1-5(2)8-3-6-7-4-8;2*1-5(2)8-4-6-3-7-8;1-5(2)8-4-3-6-7-8;10*1-2/h6*4-5H,1-3H3;4*3-5H,1-2H3;10*1-2H3. The Bertz CT molecular complexity index is 2750. The van der Waals surface area contributed by atoms with Gasteiger partial charge in [0.1, 0.15) is 68.6 Å². The van der Waals surface area contributed by atoms with E-state index in [0.717, 1.165) is 28.9 Å². The van der Waals surface area contributed by atoms with Gasteiger partial charge in [0.05, 0.1) is 35.7 Å². The Morgan fingerprint density at radius 3 is 0.953 bits per heavy atom. The minimum atomic E-state index is 0.428. The molecule has 0 aliphatic carbocycles. The number of aromatic nitrogens is 30. The van der Waals surface area contributed by atoms with E-state index >= 15 is 0 Å². The predicted octanol–water partition coefficient (Wildman–Crippen LogP) is 19.3. The molecule has 10 aromatic heterocycles. The Balaban J connectivity index is -0.000000118. The van der Waals surface area contributed by atoms with Gasteiger partial charge in [-0.2, -0.15) is 35.4 Å². The first-order valence-electron chi connectivity index (χ1n) is 38.9. The van der Waals surface area contributed by atoms with E-state index in [0.29, 0.717) is 59.7 Å². The molecule has 0 aliphatic rings. The summed E-state index contributed by atoms with van der Waals surface area (Å²) in [6.07, 6.45) is 24.0. The average molecular weight is 1500 g/mol. The lowest BCUT2D eigenvalue weighted by Gasteiger charge is -2.01. The number of hydrogen-bond donors (Lipinski definition) is 0. The molecule has 106 heavy (non-hydrogen) atoms. The second-order valence-corrected chi connectivity index (χ2v) is 22.5. The lowest BCUT2D eigenvalue weighted by molar-refractivity contribution is 0.514. The quantitative estimate of drug-likeness (QED) is 0.123. The molecule has 30 nitrogen and oxygen atoms in total. The van der Waals surface area contributed by atoms with E-state index < -0.39 is 0 Å². The molecule has 0 spiro atoms. The van der Waals surface area contributed by atoms with E-state index in [9.17, 15) is 0 Å². The first-order chi connectivity index (χ1) is 50.5. The Kier molecular flexibility index (Phi) is 91.7. The SMILES string of the molecule is CC.CC.CC.CC.CC.CC.CC.CC.CC.CC.CC(C)c1cn(C)nn1.CC(C)c1cnn(C)n1.CC(C)c1cnnn1C.CC(C)c1ncn(C)n1.CC(C)c1ncnn1C.CC(C)c1nncn1C.CC(C)n1ccnn1.CC(C)n1cncn1.CC(C)n1cncn1.CC(C)n1cnnc1. The largest absolute Gasteiger partial charge is 0.321 e. The van der Waals surface area contributed by atoms with Crippen molar-refractivity contribution in [2.24, 2.45) is 42.3 Å². The molecule has 0 atom stereocenters. The fraction of sp³-hybridized carbons (Fsp3) is 0.737. The fourth-order valence-corrected chi connectivity index (χ4v) is 6.28. The van der Waals surface area contributed by atoms with Crippen molar-refractivity contribution in [1.29, 1.82) is 0 Å². The van der Waals surface area contributed by atoms with Crippen LogP contribution < -0.4 is 0 Å². The van der Waals surface area contributed by atoms with Crippen LogP contribution in [-0.2, 0) is 42.3 Å². The molecule has 0 aliphatic heterocycles. The molecule has 0 radical (unpaired) electrons. The molecule has 0 saturated heterocycles. The number of hydrogen-bond acceptors (Lipinski definition) is 20. The Morgan fingerprint density at radius 1 is 0.321 bits per heavy atom. The van der Waals surface area contributed by atoms with Crippen LogP contribution in [-0.4, -0.2) is 149 Å². The van der Waals surface area contributed by atoms with E-state index in [4.69, 9.17) is 0 Å². The van der Waals surface area contributed by atoms with Crippen molar-refractivity contribution >= 4 is 0 Å². The Hall–Kier alpha value is -8.60. The predicted molar refractivity (Wildman–Crippen MR) is 446 cm³/mol. The minimum Gasteiger partial charge on any atom is -0.321 e. The monoisotopic (exact) mass is 1500 g/mol. The molecule has 616 valence electrons. The van der Waals surface area contributed by atoms with Crippen molar-refractivity contribution in [3.63, 3.8) is 0 Å². The van der Waals surface area contributed by atoms with Crippen LogP contribution in [0, 0.1) is 0 Å². The van der Waals surface area contributed by atoms with Gasteiger partial charge < -0.3 is 9.13 Å². The third kappa shape index (κ3) is 62.7. The maximum absolute atomic E-state index is 4.12. The molecule has 10 rings (SSSR count). The normalized spacial score (nSPS) is 9.13. The van der Waals surface area contributed by atoms with E-state index in [1.165, 1.54) is 5.69 Å². The van der Waals surface area contributed by atoms with Gasteiger partial charge in [0, 0.05) is 96.6 Å². The summed E-state index contributed by atoms with van der Waals surface area (Å²) in [6, 6.07) is 1.76. The highest BCUT2D eigenvalue weighted by atomic mass is 15.5. The van der Waals surface area contributed by atoms with Gasteiger partial charge >= 0.3 is 0 Å². The molecule has 30 heteroatoms. The van der Waals surface area contributed by atoms with Crippen LogP contribution >= 0.6 is 0 Å². The smallest absolute Gasteiger partial charge is 0.153 e. The zero-order chi connectivity index (χ0) is 85.1. The number of rotatable bonds is 10. The minimum absolute atomic E-state index is 0.428. The maximum atomic E-state index is 4.12. The molecule has 10 heterocycles. The lowest BCUT2D eigenvalue weighted by atomic mass is 10.1. The van der Waals surface area contributed by atoms with Gasteiger partial charge in [-0.1, -0.05) is 237 Å². The summed E-state index contributed by atoms with van der Waals surface area (Å²) in [6.45, 7) is 81.8. The summed E-state index contributed by atoms with van der Waals surface area (Å²) in [7, 11) is 11.3. The summed E-state index contributed by atoms with van der Waals surface area (Å²) in [5.74, 6) is 5.85. The van der Waals surface area contributed by atoms with Crippen molar-refractivity contribution < 1.29 is 0 Å². The third-order valence-corrected chi connectivity index (χ3v) is 11.4. The Labute approximate surface area is 647 Å². The van der Waals surface area contributed by atoms with Crippen LogP contribution in [0.3, 0.4) is 0 Å². The fourth-order valence-electron chi connectivity index (χ4n) is 6.28. The third-order valence-electron chi connectivity index (χ3n) is 11.4. The molecular formula is C76H162N30. The van der Waals surface area contributed by atoms with E-state index in [2.05, 4.69) is 240 Å². The van der Waals surface area contributed by atoms with Crippen LogP contribution in [0.15, 0.2) is 87.9 Å². The van der Waals surface area contributed by atoms with Gasteiger partial charge in [-0.3, -0.25) is 32.8 Å². The molecular weight excluding hydrogens is 1330 g/mol. The van der Waals surface area contributed by atoms with Crippen molar-refractivity contribution in [2.75, 3.05) is 0 Å². The van der Waals surface area contributed by atoms with E-state index in [1.54, 1.807) is 113 Å². The van der Waals surface area contributed by atoms with Gasteiger partial charge in [0.25, 0.3) is 0 Å². The van der Waals surface area contributed by atoms with Crippen molar-refractivity contribution in [1.82, 2.24) is 149 Å². The van der Waals surface area contributed by atoms with Crippen LogP contribution in [0.2, 0.25) is 0 Å². The first kappa shape index (κ1) is 118. The van der Waals surface area contributed by atoms with E-state index in [1.807, 2.05) is 202 Å². The molecule has 0 fully saturated rings. The molecule has 0 saturated carbocycles. The molecule has 10 aromatic rings. The number of aryl methyl sites for hydroxylation is 6. The van der Waals surface area contributed by atoms with Gasteiger partial charge in [0.2, 0.25) is 0 Å². The average Bonchev–Trinajstić information content (AvgIpc) is 1.77. The molecule has 0 unspecified atom stereocenters. The summed E-state index contributed by atoms with van der Waals surface area (Å²) in [4.78, 5) is 17.3. The summed E-state index contributed by atoms with van der Waals surface area (Å²) in [5.41, 5.74) is 3.28. The topological polar surface area (TPSA) is 307 Å². The second kappa shape index (κ2) is 82.1. The molecule has 0 bridgehead atoms. The van der Waals surface area contributed by atoms with Gasteiger partial charge in [-0.15, -0.1) is 35.7 Å². The van der Waals surface area contributed by atoms with Gasteiger partial charge in [-0.05, 0) is 73.1 Å². The van der Waals surface area contributed by atoms with Crippen LogP contribution in [0.4, 0.5) is 0 Å². The van der Waals surface area contributed by atoms with Crippen molar-refractivity contribution in [3.05, 3.63) is 122 Å². The summed E-state index contributed by atoms with van der Waals surface area (Å²) < 4.78 is 16.3. The summed E-state index contributed by atoms with van der Waals surface area (Å²) in [5, 5.41) is 61.7. The van der Waals surface area contributed by atoms with Crippen LogP contribution in [0.5, 0.6) is 0 Å². The van der Waals surface area contributed by atoms with Gasteiger partial charge in [-0.25, -0.2) is 19.9 Å². The Morgan fingerprint density at radius 2 is 0.783 bits per heavy atom. The molecule has 0 N–H and O–H groups in total. The number of nitrogens with zero attached hydrogens (tertiary/aromatic N) is 30. The highest BCUT2D eigenvalue weighted by Crippen LogP contribution is 2.12. The maximum Gasteiger partial charge on any atom is 0.153 e. The zero-order valence-corrected chi connectivity index (χ0v) is 76.3. The zero-order valence-electron chi connectivity index (χ0n) is 76.3. The highest BCUT2D eigenvalue weighted by Gasteiger charge is 2.07.